The van der Waals surface area contributed by atoms with Crippen molar-refractivity contribution in [3.63, 3.8) is 0 Å². The number of benzene rings is 3. The van der Waals surface area contributed by atoms with Crippen LogP contribution in [0.3, 0.4) is 0 Å². The van der Waals surface area contributed by atoms with E-state index in [1.165, 1.54) is 31.4 Å². The molecule has 2 heterocycles. The number of carbonyl (C=O) groups is 2. The third-order valence-electron chi connectivity index (χ3n) is 5.29. The van der Waals surface area contributed by atoms with Gasteiger partial charge in [-0.2, -0.15) is 0 Å². The molecule has 5 rings (SSSR count). The number of carbonyl (C=O) groups excluding carboxylic acids is 2. The van der Waals surface area contributed by atoms with E-state index in [4.69, 9.17) is 9.47 Å². The molecule has 0 spiro atoms. The number of hydrogen-bond acceptors (Lipinski definition) is 5. The molecule has 32 heavy (non-hydrogen) atoms. The van der Waals surface area contributed by atoms with Crippen LogP contribution >= 0.6 is 0 Å². The maximum Gasteiger partial charge on any atom is 0.266 e. The topological polar surface area (TPSA) is 68.7 Å². The lowest BCUT2D eigenvalue weighted by Gasteiger charge is -2.20. The van der Waals surface area contributed by atoms with Gasteiger partial charge in [-0.15, -0.1) is 0 Å². The van der Waals surface area contributed by atoms with Crippen molar-refractivity contribution < 1.29 is 23.5 Å². The number of pyridine rings is 1. The fourth-order valence-corrected chi connectivity index (χ4v) is 3.79. The highest BCUT2D eigenvalue weighted by atomic mass is 19.1. The Morgan fingerprint density at radius 1 is 0.938 bits per heavy atom. The minimum absolute atomic E-state index is 0.300. The number of rotatable bonds is 4. The van der Waals surface area contributed by atoms with E-state index in [1.54, 1.807) is 36.5 Å². The molecule has 4 aromatic rings. The smallest absolute Gasteiger partial charge is 0.266 e. The van der Waals surface area contributed by atoms with Gasteiger partial charge in [-0.05, 0) is 55.0 Å². The lowest BCUT2D eigenvalue weighted by molar-refractivity contribution is 0.0926. The van der Waals surface area contributed by atoms with E-state index in [1.807, 2.05) is 13.0 Å². The van der Waals surface area contributed by atoms with Crippen LogP contribution < -0.4 is 14.4 Å². The van der Waals surface area contributed by atoms with Crippen molar-refractivity contribution in [2.24, 2.45) is 0 Å². The van der Waals surface area contributed by atoms with E-state index in [0.717, 1.165) is 10.5 Å². The van der Waals surface area contributed by atoms with Gasteiger partial charge >= 0.3 is 0 Å². The minimum Gasteiger partial charge on any atom is -0.493 e. The molecule has 0 bridgehead atoms. The van der Waals surface area contributed by atoms with Crippen molar-refractivity contribution in [1.82, 2.24) is 4.98 Å². The normalized spacial score (nSPS) is 12.9. The summed E-state index contributed by atoms with van der Waals surface area (Å²) >= 11 is 0. The van der Waals surface area contributed by atoms with Crippen LogP contribution in [0.25, 0.3) is 10.9 Å². The summed E-state index contributed by atoms with van der Waals surface area (Å²) in [7, 11) is 1.47. The van der Waals surface area contributed by atoms with Crippen molar-refractivity contribution in [2.75, 3.05) is 12.0 Å². The van der Waals surface area contributed by atoms with Crippen LogP contribution in [0.15, 0.2) is 66.9 Å². The molecule has 6 nitrogen and oxygen atoms in total. The van der Waals surface area contributed by atoms with Crippen LogP contribution in [0.5, 0.6) is 17.2 Å². The van der Waals surface area contributed by atoms with E-state index in [0.29, 0.717) is 45.0 Å². The number of ether oxygens (including phenoxy) is 2. The summed E-state index contributed by atoms with van der Waals surface area (Å²) in [6.45, 7) is 1.87. The molecule has 0 fully saturated rings. The molecular weight excluding hydrogens is 411 g/mol. The second kappa shape index (κ2) is 7.46. The van der Waals surface area contributed by atoms with Gasteiger partial charge in [0.05, 0.1) is 29.4 Å². The molecule has 2 amide bonds. The van der Waals surface area contributed by atoms with Crippen LogP contribution in [0.1, 0.15) is 26.3 Å². The number of halogens is 1. The zero-order valence-electron chi connectivity index (χ0n) is 17.3. The standard InChI is InChI=1S/C25H17FN2O4/c1-14-11-19-22(27-13-14)20(28-24(29)17-5-3-4-6-18(17)25(28)30)12-21(31-2)23(19)32-16-9-7-15(26)8-10-16/h3-13H,1-2H3. The Morgan fingerprint density at radius 2 is 1.59 bits per heavy atom. The summed E-state index contributed by atoms with van der Waals surface area (Å²) in [5, 5.41) is 0.556. The van der Waals surface area contributed by atoms with Gasteiger partial charge in [0.2, 0.25) is 0 Å². The highest BCUT2D eigenvalue weighted by molar-refractivity contribution is 6.36. The predicted octanol–water partition coefficient (Wildman–Crippen LogP) is 5.28. The Balaban J connectivity index is 1.72. The fourth-order valence-electron chi connectivity index (χ4n) is 3.79. The zero-order valence-corrected chi connectivity index (χ0v) is 17.3. The van der Waals surface area contributed by atoms with Gasteiger partial charge in [0.25, 0.3) is 11.8 Å². The van der Waals surface area contributed by atoms with Crippen molar-refractivity contribution >= 4 is 28.4 Å². The number of amides is 2. The highest BCUT2D eigenvalue weighted by Gasteiger charge is 2.38. The maximum atomic E-state index is 13.3. The van der Waals surface area contributed by atoms with Crippen LogP contribution in [-0.2, 0) is 0 Å². The van der Waals surface area contributed by atoms with Crippen LogP contribution in [-0.4, -0.2) is 23.9 Å². The number of nitrogens with zero attached hydrogens (tertiary/aromatic N) is 2. The Morgan fingerprint density at radius 3 is 2.22 bits per heavy atom. The van der Waals surface area contributed by atoms with Gasteiger partial charge in [0, 0.05) is 17.6 Å². The van der Waals surface area contributed by atoms with E-state index in [-0.39, 0.29) is 5.82 Å². The van der Waals surface area contributed by atoms with Crippen LogP contribution in [0.4, 0.5) is 10.1 Å². The monoisotopic (exact) mass is 428 g/mol. The molecule has 0 aliphatic carbocycles. The first-order valence-electron chi connectivity index (χ1n) is 9.86. The first kappa shape index (κ1) is 19.7. The largest absolute Gasteiger partial charge is 0.493 e. The van der Waals surface area contributed by atoms with E-state index >= 15 is 0 Å². The van der Waals surface area contributed by atoms with Gasteiger partial charge in [-0.25, -0.2) is 9.29 Å². The molecule has 0 unspecified atom stereocenters. The average molecular weight is 428 g/mol. The third-order valence-corrected chi connectivity index (χ3v) is 5.29. The molecule has 0 atom stereocenters. The molecule has 0 N–H and O–H groups in total. The Labute approximate surface area is 182 Å². The first-order chi connectivity index (χ1) is 15.5. The third kappa shape index (κ3) is 3.06. The summed E-state index contributed by atoms with van der Waals surface area (Å²) in [5.74, 6) is -0.174. The number of aryl methyl sites for hydroxylation is 1. The van der Waals surface area contributed by atoms with Crippen molar-refractivity contribution in [2.45, 2.75) is 6.92 Å². The number of anilines is 1. The second-order valence-corrected chi connectivity index (χ2v) is 7.38. The van der Waals surface area contributed by atoms with Gasteiger partial charge in [-0.1, -0.05) is 12.1 Å². The SMILES string of the molecule is COc1cc(N2C(=O)c3ccccc3C2=O)c2ncc(C)cc2c1Oc1ccc(F)cc1. The number of imide groups is 1. The van der Waals surface area contributed by atoms with Gasteiger partial charge in [0.15, 0.2) is 11.5 Å². The number of fused-ring (bicyclic) bond motifs is 2. The quantitative estimate of drug-likeness (QED) is 0.414. The molecular formula is C25H17FN2O4. The second-order valence-electron chi connectivity index (χ2n) is 7.38. The molecule has 0 saturated heterocycles. The van der Waals surface area contributed by atoms with Gasteiger partial charge in [-0.3, -0.25) is 14.6 Å². The maximum absolute atomic E-state index is 13.3. The van der Waals surface area contributed by atoms with Crippen LogP contribution in [0, 0.1) is 12.7 Å². The van der Waals surface area contributed by atoms with Crippen molar-refractivity contribution in [3.8, 4) is 17.2 Å². The zero-order chi connectivity index (χ0) is 22.4. The molecule has 1 aliphatic heterocycles. The number of aromatic nitrogens is 1. The average Bonchev–Trinajstić information content (AvgIpc) is 3.05. The first-order valence-corrected chi connectivity index (χ1v) is 9.86. The summed E-state index contributed by atoms with van der Waals surface area (Å²) in [4.78, 5) is 31.8. The summed E-state index contributed by atoms with van der Waals surface area (Å²) in [6, 6.07) is 15.7. The van der Waals surface area contributed by atoms with Gasteiger partial charge < -0.3 is 9.47 Å². The summed E-state index contributed by atoms with van der Waals surface area (Å²) in [6.07, 6.45) is 1.65. The van der Waals surface area contributed by atoms with Gasteiger partial charge in [0.1, 0.15) is 11.6 Å². The lowest BCUT2D eigenvalue weighted by atomic mass is 10.1. The summed E-state index contributed by atoms with van der Waals surface area (Å²) < 4.78 is 24.9. The molecule has 7 heteroatoms. The Hall–Kier alpha value is -4.26. The molecule has 158 valence electrons. The molecule has 3 aromatic carbocycles. The van der Waals surface area contributed by atoms with Crippen molar-refractivity contribution in [3.05, 3.63) is 89.4 Å². The molecule has 1 aromatic heterocycles. The van der Waals surface area contributed by atoms with E-state index in [2.05, 4.69) is 4.98 Å². The lowest BCUT2D eigenvalue weighted by Crippen LogP contribution is -2.29. The van der Waals surface area contributed by atoms with E-state index in [9.17, 15) is 14.0 Å². The molecule has 1 aliphatic rings. The Bertz CT molecular complexity index is 1360. The minimum atomic E-state index is -0.427. The Kier molecular flexibility index (Phi) is 4.59. The predicted molar refractivity (Wildman–Crippen MR) is 117 cm³/mol. The van der Waals surface area contributed by atoms with Crippen molar-refractivity contribution in [1.29, 1.82) is 0 Å². The van der Waals surface area contributed by atoms with E-state index < -0.39 is 11.8 Å². The molecule has 0 saturated carbocycles. The number of methoxy groups -OCH3 is 1. The molecule has 0 radical (unpaired) electrons. The highest BCUT2D eigenvalue weighted by Crippen LogP contribution is 2.44. The van der Waals surface area contributed by atoms with Crippen LogP contribution in [0.2, 0.25) is 0 Å². The summed E-state index contributed by atoms with van der Waals surface area (Å²) in [5.41, 5.74) is 2.23. The number of hydrogen-bond donors (Lipinski definition) is 0. The fraction of sp³-hybridized carbons (Fsp3) is 0.0800.